The van der Waals surface area contributed by atoms with Crippen LogP contribution in [0.15, 0.2) is 30.5 Å². The van der Waals surface area contributed by atoms with Gasteiger partial charge in [0.1, 0.15) is 5.82 Å². The monoisotopic (exact) mass is 272 g/mol. The molecule has 0 atom stereocenters. The minimum absolute atomic E-state index is 0.151. The summed E-state index contributed by atoms with van der Waals surface area (Å²) in [5, 5.41) is 10.2. The normalized spacial score (nSPS) is 11.9. The van der Waals surface area contributed by atoms with Crippen LogP contribution in [0.25, 0.3) is 0 Å². The van der Waals surface area contributed by atoms with Gasteiger partial charge in [0.15, 0.2) is 0 Å². The number of hydrogen-bond acceptors (Lipinski definition) is 3. The van der Waals surface area contributed by atoms with Crippen molar-refractivity contribution in [2.75, 3.05) is 19.4 Å². The number of hydrogen-bond donors (Lipinski definition) is 2. The van der Waals surface area contributed by atoms with Gasteiger partial charge in [0, 0.05) is 18.3 Å². The Morgan fingerprint density at radius 1 is 1.20 bits per heavy atom. The maximum Gasteiger partial charge on any atom is 0.125 e. The summed E-state index contributed by atoms with van der Waals surface area (Å²) in [6.45, 7) is 7.70. The van der Waals surface area contributed by atoms with E-state index in [0.29, 0.717) is 0 Å². The average Bonchev–Trinajstić information content (AvgIpc) is 2.79. The molecule has 0 radical (unpaired) electrons. The zero-order chi connectivity index (χ0) is 14.8. The van der Waals surface area contributed by atoms with Crippen molar-refractivity contribution < 1.29 is 0 Å². The van der Waals surface area contributed by atoms with Gasteiger partial charge in [-0.3, -0.25) is 5.10 Å². The first-order valence-corrected chi connectivity index (χ1v) is 6.91. The van der Waals surface area contributed by atoms with Crippen molar-refractivity contribution in [2.24, 2.45) is 0 Å². The van der Waals surface area contributed by atoms with E-state index in [2.05, 4.69) is 73.5 Å². The fourth-order valence-corrected chi connectivity index (χ4v) is 2.36. The third-order valence-corrected chi connectivity index (χ3v) is 3.18. The number of nitrogens with one attached hydrogen (secondary N) is 2. The van der Waals surface area contributed by atoms with Gasteiger partial charge in [-0.2, -0.15) is 5.10 Å². The van der Waals surface area contributed by atoms with E-state index in [1.165, 1.54) is 11.1 Å². The van der Waals surface area contributed by atoms with Crippen LogP contribution in [0.4, 0.5) is 11.5 Å². The van der Waals surface area contributed by atoms with Crippen molar-refractivity contribution in [2.45, 2.75) is 32.7 Å². The highest BCUT2D eigenvalue weighted by atomic mass is 15.2. The van der Waals surface area contributed by atoms with Crippen LogP contribution in [-0.2, 0) is 12.0 Å². The summed E-state index contributed by atoms with van der Waals surface area (Å²) in [5.41, 5.74) is 3.98. The maximum absolute atomic E-state index is 3.95. The van der Waals surface area contributed by atoms with Crippen molar-refractivity contribution in [1.29, 1.82) is 0 Å². The van der Waals surface area contributed by atoms with Gasteiger partial charge in [0.05, 0.1) is 6.20 Å². The molecule has 4 heteroatoms. The third kappa shape index (κ3) is 3.61. The third-order valence-electron chi connectivity index (χ3n) is 3.18. The summed E-state index contributed by atoms with van der Waals surface area (Å²) in [4.78, 5) is 2.20. The predicted octanol–water partition coefficient (Wildman–Crippen LogP) is 3.51. The lowest BCUT2D eigenvalue weighted by Gasteiger charge is -2.25. The number of nitrogens with zero attached hydrogens (tertiary/aromatic N) is 2. The second-order valence-electron chi connectivity index (χ2n) is 6.46. The quantitative estimate of drug-likeness (QED) is 0.895. The minimum atomic E-state index is 0.151. The molecule has 2 rings (SSSR count). The van der Waals surface area contributed by atoms with E-state index in [1.54, 1.807) is 6.20 Å². The first kappa shape index (κ1) is 14.6. The number of rotatable bonds is 4. The molecule has 108 valence electrons. The van der Waals surface area contributed by atoms with Gasteiger partial charge in [-0.15, -0.1) is 0 Å². The first-order chi connectivity index (χ1) is 9.36. The highest BCUT2D eigenvalue weighted by Gasteiger charge is 2.18. The number of anilines is 2. The minimum Gasteiger partial charge on any atom is -0.341 e. The number of aromatic nitrogens is 2. The summed E-state index contributed by atoms with van der Waals surface area (Å²) in [6, 6.07) is 8.49. The Labute approximate surface area is 121 Å². The Morgan fingerprint density at radius 3 is 2.50 bits per heavy atom. The molecule has 1 aromatic heterocycles. The van der Waals surface area contributed by atoms with Crippen molar-refractivity contribution in [1.82, 2.24) is 15.1 Å². The Bertz CT molecular complexity index is 550. The topological polar surface area (TPSA) is 44.0 Å². The highest BCUT2D eigenvalue weighted by molar-refractivity contribution is 5.58. The average molecular weight is 272 g/mol. The SMILES string of the molecule is CN(C)Cc1cc(Nc2ccn[nH]2)ccc1C(C)(C)C. The number of benzene rings is 1. The summed E-state index contributed by atoms with van der Waals surface area (Å²) in [7, 11) is 4.20. The van der Waals surface area contributed by atoms with E-state index in [-0.39, 0.29) is 5.41 Å². The summed E-state index contributed by atoms with van der Waals surface area (Å²) < 4.78 is 0. The van der Waals surface area contributed by atoms with Crippen molar-refractivity contribution in [3.05, 3.63) is 41.6 Å². The zero-order valence-electron chi connectivity index (χ0n) is 13.0. The fraction of sp³-hybridized carbons (Fsp3) is 0.438. The van der Waals surface area contributed by atoms with Gasteiger partial charge in [-0.1, -0.05) is 26.8 Å². The molecule has 2 N–H and O–H groups in total. The molecule has 0 amide bonds. The molecule has 4 nitrogen and oxygen atoms in total. The summed E-state index contributed by atoms with van der Waals surface area (Å²) in [5.74, 6) is 0.907. The van der Waals surface area contributed by atoms with Crippen LogP contribution >= 0.6 is 0 Å². The predicted molar refractivity (Wildman–Crippen MR) is 84.4 cm³/mol. The summed E-state index contributed by atoms with van der Waals surface area (Å²) >= 11 is 0. The van der Waals surface area contributed by atoms with Gasteiger partial charge in [0.2, 0.25) is 0 Å². The van der Waals surface area contributed by atoms with Crippen LogP contribution in [0.5, 0.6) is 0 Å². The van der Waals surface area contributed by atoms with E-state index in [4.69, 9.17) is 0 Å². The molecule has 20 heavy (non-hydrogen) atoms. The van der Waals surface area contributed by atoms with E-state index in [1.807, 2.05) is 6.07 Å². The molecule has 0 bridgehead atoms. The molecule has 0 saturated heterocycles. The molecule has 0 aliphatic heterocycles. The van der Waals surface area contributed by atoms with Gasteiger partial charge in [-0.25, -0.2) is 0 Å². The van der Waals surface area contributed by atoms with E-state index in [0.717, 1.165) is 18.1 Å². The largest absolute Gasteiger partial charge is 0.341 e. The molecule has 1 aromatic carbocycles. The Balaban J connectivity index is 2.32. The van der Waals surface area contributed by atoms with Crippen molar-refractivity contribution >= 4 is 11.5 Å². The molecule has 0 aliphatic rings. The van der Waals surface area contributed by atoms with Crippen LogP contribution in [0.1, 0.15) is 31.9 Å². The first-order valence-electron chi connectivity index (χ1n) is 6.91. The van der Waals surface area contributed by atoms with Crippen LogP contribution in [0.2, 0.25) is 0 Å². The molecule has 0 aliphatic carbocycles. The van der Waals surface area contributed by atoms with E-state index >= 15 is 0 Å². The molecule has 0 saturated carbocycles. The van der Waals surface area contributed by atoms with Crippen LogP contribution in [0.3, 0.4) is 0 Å². The van der Waals surface area contributed by atoms with Crippen LogP contribution < -0.4 is 5.32 Å². The zero-order valence-corrected chi connectivity index (χ0v) is 13.0. The Hall–Kier alpha value is -1.81. The van der Waals surface area contributed by atoms with Crippen LogP contribution in [0, 0.1) is 0 Å². The van der Waals surface area contributed by atoms with Gasteiger partial charge in [-0.05, 0) is 42.8 Å². The standard InChI is InChI=1S/C16H24N4/c1-16(2,3)14-7-6-13(10-12(14)11-20(4)5)18-15-8-9-17-19-15/h6-10H,11H2,1-5H3,(H2,17,18,19). The van der Waals surface area contributed by atoms with E-state index in [9.17, 15) is 0 Å². The maximum atomic E-state index is 3.95. The molecule has 0 spiro atoms. The molecular weight excluding hydrogens is 248 g/mol. The highest BCUT2D eigenvalue weighted by Crippen LogP contribution is 2.29. The number of H-pyrrole nitrogens is 1. The second kappa shape index (κ2) is 5.67. The van der Waals surface area contributed by atoms with Gasteiger partial charge in [0.25, 0.3) is 0 Å². The van der Waals surface area contributed by atoms with Gasteiger partial charge >= 0.3 is 0 Å². The van der Waals surface area contributed by atoms with Crippen molar-refractivity contribution in [3.63, 3.8) is 0 Å². The lowest BCUT2D eigenvalue weighted by atomic mass is 9.83. The van der Waals surface area contributed by atoms with Crippen molar-refractivity contribution in [3.8, 4) is 0 Å². The molecule has 2 aromatic rings. The molecule has 0 unspecified atom stereocenters. The Kier molecular flexibility index (Phi) is 4.14. The number of aromatic amines is 1. The van der Waals surface area contributed by atoms with Crippen LogP contribution in [-0.4, -0.2) is 29.2 Å². The Morgan fingerprint density at radius 2 is 1.95 bits per heavy atom. The van der Waals surface area contributed by atoms with E-state index < -0.39 is 0 Å². The fourth-order valence-electron chi connectivity index (χ4n) is 2.36. The second-order valence-corrected chi connectivity index (χ2v) is 6.46. The van der Waals surface area contributed by atoms with Gasteiger partial charge < -0.3 is 10.2 Å². The smallest absolute Gasteiger partial charge is 0.125 e. The molecule has 0 fully saturated rings. The summed E-state index contributed by atoms with van der Waals surface area (Å²) in [6.07, 6.45) is 1.74. The lowest BCUT2D eigenvalue weighted by molar-refractivity contribution is 0.397. The lowest BCUT2D eigenvalue weighted by Crippen LogP contribution is -2.19. The molecular formula is C16H24N4. The molecule has 1 heterocycles.